The second kappa shape index (κ2) is 7.94. The molecule has 1 aliphatic carbocycles. The summed E-state index contributed by atoms with van der Waals surface area (Å²) in [6.45, 7) is -0.254. The molecule has 4 aromatic rings. The van der Waals surface area contributed by atoms with Gasteiger partial charge in [-0.1, -0.05) is 12.1 Å². The van der Waals surface area contributed by atoms with Crippen molar-refractivity contribution in [2.45, 2.75) is 43.1 Å². The van der Waals surface area contributed by atoms with Crippen LogP contribution in [0.3, 0.4) is 0 Å². The average molecular weight is 486 g/mol. The van der Waals surface area contributed by atoms with Crippen molar-refractivity contribution in [1.29, 1.82) is 0 Å². The Morgan fingerprint density at radius 2 is 1.86 bits per heavy atom. The van der Waals surface area contributed by atoms with Gasteiger partial charge in [0.25, 0.3) is 0 Å². The Labute approximate surface area is 197 Å². The number of hydrogen-bond donors (Lipinski definition) is 2. The number of aliphatic hydroxyl groups excluding tert-OH is 1. The molecule has 35 heavy (non-hydrogen) atoms. The Morgan fingerprint density at radius 1 is 1.06 bits per heavy atom. The van der Waals surface area contributed by atoms with Gasteiger partial charge >= 0.3 is 6.18 Å². The number of halogens is 4. The summed E-state index contributed by atoms with van der Waals surface area (Å²) in [4.78, 5) is 5.86. The summed E-state index contributed by atoms with van der Waals surface area (Å²) in [6.07, 6.45) is -2.32. The molecule has 3 unspecified atom stereocenters. The Hall–Kier alpha value is -3.15. The van der Waals surface area contributed by atoms with Crippen molar-refractivity contribution in [2.75, 3.05) is 13.1 Å². The molecule has 7 nitrogen and oxygen atoms in total. The minimum absolute atomic E-state index is 0.0196. The largest absolute Gasteiger partial charge is 0.408 e. The van der Waals surface area contributed by atoms with E-state index in [4.69, 9.17) is 10.7 Å². The predicted molar refractivity (Wildman–Crippen MR) is 120 cm³/mol. The van der Waals surface area contributed by atoms with Crippen LogP contribution >= 0.6 is 0 Å². The molecule has 0 amide bonds. The molecule has 4 heterocycles. The lowest BCUT2D eigenvalue weighted by Gasteiger charge is -2.29. The van der Waals surface area contributed by atoms with Crippen LogP contribution in [0.25, 0.3) is 28.1 Å². The first-order valence-corrected chi connectivity index (χ1v) is 11.4. The zero-order valence-corrected chi connectivity index (χ0v) is 18.5. The maximum absolute atomic E-state index is 14.1. The molecular weight excluding hydrogens is 464 g/mol. The number of pyridine rings is 2. The van der Waals surface area contributed by atoms with Gasteiger partial charge in [0.1, 0.15) is 17.6 Å². The third kappa shape index (κ3) is 3.93. The summed E-state index contributed by atoms with van der Waals surface area (Å²) in [5.74, 6) is 0.220. The van der Waals surface area contributed by atoms with Gasteiger partial charge in [-0.3, -0.25) is 9.30 Å². The maximum Gasteiger partial charge on any atom is 0.408 e. The molecule has 3 aromatic heterocycles. The summed E-state index contributed by atoms with van der Waals surface area (Å²) in [5.41, 5.74) is 8.05. The molecule has 3 N–H and O–H groups in total. The van der Waals surface area contributed by atoms with Gasteiger partial charge in [0.2, 0.25) is 0 Å². The Morgan fingerprint density at radius 3 is 2.54 bits per heavy atom. The van der Waals surface area contributed by atoms with Crippen molar-refractivity contribution in [3.8, 4) is 11.5 Å². The molecule has 0 bridgehead atoms. The van der Waals surface area contributed by atoms with Crippen molar-refractivity contribution < 1.29 is 22.7 Å². The van der Waals surface area contributed by atoms with E-state index < -0.39 is 24.4 Å². The molecule has 1 saturated carbocycles. The molecule has 182 valence electrons. The molecule has 11 heteroatoms. The molecule has 0 radical (unpaired) electrons. The van der Waals surface area contributed by atoms with Crippen LogP contribution in [0, 0.1) is 5.82 Å². The van der Waals surface area contributed by atoms with Gasteiger partial charge in [-0.05, 0) is 54.2 Å². The van der Waals surface area contributed by atoms with E-state index >= 15 is 0 Å². The number of aromatic nitrogens is 4. The van der Waals surface area contributed by atoms with Crippen molar-refractivity contribution in [2.24, 2.45) is 5.73 Å². The smallest absolute Gasteiger partial charge is 0.390 e. The van der Waals surface area contributed by atoms with Crippen molar-refractivity contribution in [3.63, 3.8) is 0 Å². The van der Waals surface area contributed by atoms with Crippen molar-refractivity contribution in [1.82, 2.24) is 24.5 Å². The lowest BCUT2D eigenvalue weighted by molar-refractivity contribution is -0.184. The fraction of sp³-hybridized carbons (Fsp3) is 0.375. The molecule has 3 atom stereocenters. The number of nitrogens with zero attached hydrogens (tertiary/aromatic N) is 5. The first kappa shape index (κ1) is 22.3. The predicted octanol–water partition coefficient (Wildman–Crippen LogP) is 3.57. The number of alkyl halides is 3. The second-order valence-electron chi connectivity index (χ2n) is 9.38. The van der Waals surface area contributed by atoms with E-state index in [-0.39, 0.29) is 36.2 Å². The van der Waals surface area contributed by atoms with E-state index in [1.54, 1.807) is 12.1 Å². The molecule has 6 rings (SSSR count). The summed E-state index contributed by atoms with van der Waals surface area (Å²) >= 11 is 0. The van der Waals surface area contributed by atoms with E-state index in [2.05, 4.69) is 10.2 Å². The molecular formula is C24H22F4N6O. The third-order valence-electron chi connectivity index (χ3n) is 6.81. The van der Waals surface area contributed by atoms with E-state index in [0.717, 1.165) is 23.3 Å². The molecule has 0 spiro atoms. The SMILES string of the molecule is NC1CN(C(c2ccc3nnc(-c4ccc5cc(F)cc(C6CC6)c5n4)n3c2)C(F)(F)F)CC1O. The van der Waals surface area contributed by atoms with E-state index in [1.807, 2.05) is 0 Å². The highest BCUT2D eigenvalue weighted by Gasteiger charge is 2.48. The quantitative estimate of drug-likeness (QED) is 0.429. The molecule has 1 aromatic carbocycles. The summed E-state index contributed by atoms with van der Waals surface area (Å²) < 4.78 is 58.0. The van der Waals surface area contributed by atoms with E-state index in [1.165, 1.54) is 34.9 Å². The number of fused-ring (bicyclic) bond motifs is 2. The minimum atomic E-state index is -4.59. The van der Waals surface area contributed by atoms with Crippen LogP contribution in [-0.2, 0) is 0 Å². The molecule has 2 fully saturated rings. The number of nitrogens with two attached hydrogens (primary N) is 1. The number of benzene rings is 1. The first-order chi connectivity index (χ1) is 16.7. The normalized spacial score (nSPS) is 22.3. The summed E-state index contributed by atoms with van der Waals surface area (Å²) in [6, 6.07) is 6.47. The van der Waals surface area contributed by atoms with Crippen LogP contribution in [0.1, 0.15) is 35.9 Å². The third-order valence-corrected chi connectivity index (χ3v) is 6.81. The van der Waals surface area contributed by atoms with Crippen molar-refractivity contribution >= 4 is 16.6 Å². The van der Waals surface area contributed by atoms with Gasteiger partial charge in [-0.2, -0.15) is 13.2 Å². The fourth-order valence-electron chi connectivity index (χ4n) is 4.96. The monoisotopic (exact) mass is 486 g/mol. The number of β-amino-alcohol motifs (C(OH)–C–C–N with tert-alkyl or cyclic N) is 1. The zero-order valence-electron chi connectivity index (χ0n) is 18.5. The number of hydrogen-bond acceptors (Lipinski definition) is 6. The van der Waals surface area contributed by atoms with Crippen LogP contribution in [0.15, 0.2) is 42.6 Å². The van der Waals surface area contributed by atoms with Crippen molar-refractivity contribution in [3.05, 3.63) is 59.5 Å². The van der Waals surface area contributed by atoms with Gasteiger partial charge in [-0.25, -0.2) is 9.37 Å². The summed E-state index contributed by atoms with van der Waals surface area (Å²) in [7, 11) is 0. The van der Waals surface area contributed by atoms with Gasteiger partial charge in [0.15, 0.2) is 11.5 Å². The Kier molecular flexibility index (Phi) is 5.06. The fourth-order valence-corrected chi connectivity index (χ4v) is 4.96. The average Bonchev–Trinajstić information content (AvgIpc) is 3.48. The minimum Gasteiger partial charge on any atom is -0.390 e. The Bertz CT molecular complexity index is 1420. The second-order valence-corrected chi connectivity index (χ2v) is 9.38. The summed E-state index contributed by atoms with van der Waals surface area (Å²) in [5, 5.41) is 18.9. The van der Waals surface area contributed by atoms with Crippen LogP contribution in [0.2, 0.25) is 0 Å². The van der Waals surface area contributed by atoms with Gasteiger partial charge in [0, 0.05) is 30.7 Å². The lowest BCUT2D eigenvalue weighted by Crippen LogP contribution is -2.38. The first-order valence-electron chi connectivity index (χ1n) is 11.4. The van der Waals surface area contributed by atoms with Crippen LogP contribution < -0.4 is 5.73 Å². The standard InChI is InChI=1S/C24H22F4N6O/c25-15-7-13-3-5-18(30-21(13)16(8-15)12-1-2-12)23-32-31-20-6-4-14(9-34(20)23)22(24(26,27)28)33-10-17(29)19(35)11-33/h3-9,12,17,19,22,35H,1-2,10-11,29H2. The Balaban J connectivity index is 1.45. The highest BCUT2D eigenvalue weighted by Crippen LogP contribution is 2.43. The topological polar surface area (TPSA) is 92.6 Å². The van der Waals surface area contributed by atoms with Gasteiger partial charge in [-0.15, -0.1) is 10.2 Å². The van der Waals surface area contributed by atoms with Crippen LogP contribution in [0.4, 0.5) is 17.6 Å². The van der Waals surface area contributed by atoms with Crippen LogP contribution in [-0.4, -0.2) is 61.0 Å². The highest BCUT2D eigenvalue weighted by molar-refractivity contribution is 5.85. The number of aliphatic hydroxyl groups is 1. The molecule has 1 saturated heterocycles. The number of likely N-dealkylation sites (tertiary alicyclic amines) is 1. The maximum atomic E-state index is 14.1. The molecule has 2 aliphatic rings. The van der Waals surface area contributed by atoms with Gasteiger partial charge < -0.3 is 10.8 Å². The number of rotatable bonds is 4. The van der Waals surface area contributed by atoms with E-state index in [0.29, 0.717) is 22.2 Å². The van der Waals surface area contributed by atoms with Crippen LogP contribution in [0.5, 0.6) is 0 Å². The molecule has 1 aliphatic heterocycles. The highest BCUT2D eigenvalue weighted by atomic mass is 19.4. The zero-order chi connectivity index (χ0) is 24.5. The van der Waals surface area contributed by atoms with Gasteiger partial charge in [0.05, 0.1) is 11.6 Å². The lowest BCUT2D eigenvalue weighted by atomic mass is 10.0. The van der Waals surface area contributed by atoms with E-state index in [9.17, 15) is 22.7 Å².